The molecule has 0 aliphatic carbocycles. The van der Waals surface area contributed by atoms with E-state index in [1.54, 1.807) is 34.6 Å². The van der Waals surface area contributed by atoms with Crippen molar-refractivity contribution in [1.29, 1.82) is 0 Å². The normalized spacial score (nSPS) is 12.9. The van der Waals surface area contributed by atoms with Gasteiger partial charge in [-0.25, -0.2) is 4.79 Å². The molecule has 1 amide bonds. The van der Waals surface area contributed by atoms with Crippen LogP contribution in [0.5, 0.6) is 0 Å². The zero-order valence-electron chi connectivity index (χ0n) is 11.2. The molecule has 0 aromatic carbocycles. The molecule has 100 valence electrons. The number of aryl methyl sites for hydroxylation is 1. The summed E-state index contributed by atoms with van der Waals surface area (Å²) in [7, 11) is 0. The minimum atomic E-state index is -0.742. The minimum absolute atomic E-state index is 0.142. The number of esters is 1. The zero-order valence-corrected chi connectivity index (χ0v) is 11.2. The molecule has 1 atom stereocenters. The fourth-order valence-electron chi connectivity index (χ4n) is 1.19. The Kier molecular flexibility index (Phi) is 4.11. The number of nitrogens with zero attached hydrogens (tertiary/aromatic N) is 1. The van der Waals surface area contributed by atoms with E-state index >= 15 is 0 Å². The Hall–Kier alpha value is -1.85. The fraction of sp³-hybridized carbons (Fsp3) is 0.583. The van der Waals surface area contributed by atoms with Crippen LogP contribution in [0, 0.1) is 6.92 Å². The molecule has 1 aromatic heterocycles. The van der Waals surface area contributed by atoms with Crippen molar-refractivity contribution >= 4 is 11.9 Å². The molecule has 0 fully saturated rings. The Balaban J connectivity index is 2.57. The first-order valence-electron chi connectivity index (χ1n) is 5.66. The van der Waals surface area contributed by atoms with Gasteiger partial charge in [0.1, 0.15) is 17.4 Å². The van der Waals surface area contributed by atoms with E-state index in [1.807, 2.05) is 0 Å². The van der Waals surface area contributed by atoms with Crippen LogP contribution in [0.1, 0.15) is 43.9 Å². The van der Waals surface area contributed by atoms with Crippen molar-refractivity contribution in [2.45, 2.75) is 46.3 Å². The van der Waals surface area contributed by atoms with Gasteiger partial charge in [0.2, 0.25) is 0 Å². The van der Waals surface area contributed by atoms with E-state index in [0.717, 1.165) is 0 Å². The Morgan fingerprint density at radius 1 is 1.44 bits per heavy atom. The van der Waals surface area contributed by atoms with Crippen LogP contribution >= 0.6 is 0 Å². The standard InChI is InChI=1S/C12H18N2O4/c1-7-6-9(14-18-7)10(15)13-8(2)11(16)17-12(3,4)5/h6,8H,1-5H3,(H,13,15)/t8-/m1/s1. The molecule has 0 radical (unpaired) electrons. The van der Waals surface area contributed by atoms with E-state index in [9.17, 15) is 9.59 Å². The number of amides is 1. The van der Waals surface area contributed by atoms with Crippen molar-refractivity contribution < 1.29 is 18.8 Å². The molecule has 0 saturated heterocycles. The SMILES string of the molecule is Cc1cc(C(=O)N[C@H](C)C(=O)OC(C)(C)C)no1. The second-order valence-corrected chi connectivity index (χ2v) is 5.05. The summed E-state index contributed by atoms with van der Waals surface area (Å²) in [6.07, 6.45) is 0. The summed E-state index contributed by atoms with van der Waals surface area (Å²) in [6, 6.07) is 0.755. The summed E-state index contributed by atoms with van der Waals surface area (Å²) < 4.78 is 9.93. The summed E-state index contributed by atoms with van der Waals surface area (Å²) >= 11 is 0. The number of ether oxygens (including phenoxy) is 1. The third-order valence-electron chi connectivity index (χ3n) is 1.97. The van der Waals surface area contributed by atoms with Crippen LogP contribution in [0.3, 0.4) is 0 Å². The molecule has 0 unspecified atom stereocenters. The molecule has 0 spiro atoms. The van der Waals surface area contributed by atoms with Gasteiger partial charge in [0.15, 0.2) is 5.69 Å². The lowest BCUT2D eigenvalue weighted by Gasteiger charge is -2.22. The predicted molar refractivity (Wildman–Crippen MR) is 64.0 cm³/mol. The van der Waals surface area contributed by atoms with Gasteiger partial charge in [0.25, 0.3) is 5.91 Å². The molecule has 6 heteroatoms. The molecule has 1 N–H and O–H groups in total. The van der Waals surface area contributed by atoms with Crippen molar-refractivity contribution in [1.82, 2.24) is 10.5 Å². The molecule has 1 aromatic rings. The van der Waals surface area contributed by atoms with Crippen LogP contribution in [0.25, 0.3) is 0 Å². The first-order chi connectivity index (χ1) is 8.19. The maximum atomic E-state index is 11.7. The van der Waals surface area contributed by atoms with E-state index in [4.69, 9.17) is 9.26 Å². The predicted octanol–water partition coefficient (Wildman–Crippen LogP) is 1.44. The van der Waals surface area contributed by atoms with Crippen LogP contribution in [-0.2, 0) is 9.53 Å². The quantitative estimate of drug-likeness (QED) is 0.825. The smallest absolute Gasteiger partial charge is 0.328 e. The molecule has 1 heterocycles. The topological polar surface area (TPSA) is 81.4 Å². The van der Waals surface area contributed by atoms with E-state index in [1.165, 1.54) is 6.07 Å². The number of aromatic nitrogens is 1. The Morgan fingerprint density at radius 3 is 2.50 bits per heavy atom. The Morgan fingerprint density at radius 2 is 2.06 bits per heavy atom. The van der Waals surface area contributed by atoms with E-state index in [0.29, 0.717) is 5.76 Å². The third-order valence-corrected chi connectivity index (χ3v) is 1.97. The van der Waals surface area contributed by atoms with Crippen molar-refractivity contribution in [3.05, 3.63) is 17.5 Å². The van der Waals surface area contributed by atoms with Crippen molar-refractivity contribution in [2.75, 3.05) is 0 Å². The highest BCUT2D eigenvalue weighted by Gasteiger charge is 2.24. The van der Waals surface area contributed by atoms with E-state index < -0.39 is 23.5 Å². The van der Waals surface area contributed by atoms with Gasteiger partial charge in [-0.15, -0.1) is 0 Å². The molecular weight excluding hydrogens is 236 g/mol. The largest absolute Gasteiger partial charge is 0.458 e. The number of carbonyl (C=O) groups excluding carboxylic acids is 2. The van der Waals surface area contributed by atoms with Gasteiger partial charge in [-0.2, -0.15) is 0 Å². The van der Waals surface area contributed by atoms with Crippen molar-refractivity contribution in [3.8, 4) is 0 Å². The van der Waals surface area contributed by atoms with Gasteiger partial charge in [0.05, 0.1) is 0 Å². The molecular formula is C12H18N2O4. The van der Waals surface area contributed by atoms with Crippen molar-refractivity contribution in [2.24, 2.45) is 0 Å². The number of carbonyl (C=O) groups is 2. The van der Waals surface area contributed by atoms with Crippen molar-refractivity contribution in [3.63, 3.8) is 0 Å². The fourth-order valence-corrected chi connectivity index (χ4v) is 1.19. The summed E-state index contributed by atoms with van der Waals surface area (Å²) in [6.45, 7) is 8.53. The highest BCUT2D eigenvalue weighted by Crippen LogP contribution is 2.09. The highest BCUT2D eigenvalue weighted by molar-refractivity contribution is 5.95. The lowest BCUT2D eigenvalue weighted by Crippen LogP contribution is -2.42. The Labute approximate surface area is 106 Å². The maximum Gasteiger partial charge on any atom is 0.328 e. The highest BCUT2D eigenvalue weighted by atomic mass is 16.6. The van der Waals surface area contributed by atoms with Gasteiger partial charge >= 0.3 is 5.97 Å². The van der Waals surface area contributed by atoms with Crippen LogP contribution in [0.2, 0.25) is 0 Å². The van der Waals surface area contributed by atoms with E-state index in [2.05, 4.69) is 10.5 Å². The maximum absolute atomic E-state index is 11.7. The molecule has 0 saturated carbocycles. The number of hydrogen-bond donors (Lipinski definition) is 1. The summed E-state index contributed by atoms with van der Waals surface area (Å²) in [5.41, 5.74) is -0.441. The molecule has 0 bridgehead atoms. The number of hydrogen-bond acceptors (Lipinski definition) is 5. The molecule has 1 rings (SSSR count). The van der Waals surface area contributed by atoms with Gasteiger partial charge in [-0.1, -0.05) is 5.16 Å². The van der Waals surface area contributed by atoms with Crippen LogP contribution in [0.15, 0.2) is 10.6 Å². The first kappa shape index (κ1) is 14.2. The minimum Gasteiger partial charge on any atom is -0.458 e. The first-order valence-corrected chi connectivity index (χ1v) is 5.66. The molecule has 0 aliphatic rings. The van der Waals surface area contributed by atoms with Crippen LogP contribution in [-0.4, -0.2) is 28.7 Å². The van der Waals surface area contributed by atoms with Gasteiger partial charge < -0.3 is 14.6 Å². The van der Waals surface area contributed by atoms with E-state index in [-0.39, 0.29) is 5.69 Å². The van der Waals surface area contributed by atoms with Gasteiger partial charge in [0, 0.05) is 6.07 Å². The van der Waals surface area contributed by atoms with Gasteiger partial charge in [-0.3, -0.25) is 4.79 Å². The second kappa shape index (κ2) is 5.20. The summed E-state index contributed by atoms with van der Waals surface area (Å²) in [5, 5.41) is 6.06. The summed E-state index contributed by atoms with van der Waals surface area (Å²) in [4.78, 5) is 23.3. The zero-order chi connectivity index (χ0) is 13.9. The average molecular weight is 254 g/mol. The molecule has 0 aliphatic heterocycles. The van der Waals surface area contributed by atoms with Crippen LogP contribution < -0.4 is 5.32 Å². The average Bonchev–Trinajstić information content (AvgIpc) is 2.62. The number of rotatable bonds is 3. The second-order valence-electron chi connectivity index (χ2n) is 5.05. The lowest BCUT2D eigenvalue weighted by atomic mass is 10.2. The molecule has 18 heavy (non-hydrogen) atoms. The van der Waals surface area contributed by atoms with Crippen LogP contribution in [0.4, 0.5) is 0 Å². The number of nitrogens with one attached hydrogen (secondary N) is 1. The molecule has 6 nitrogen and oxygen atoms in total. The third kappa shape index (κ3) is 4.20. The lowest BCUT2D eigenvalue weighted by molar-refractivity contribution is -0.156. The summed E-state index contributed by atoms with van der Waals surface area (Å²) in [5.74, 6) is -0.425. The van der Waals surface area contributed by atoms with Gasteiger partial charge in [-0.05, 0) is 34.6 Å². The monoisotopic (exact) mass is 254 g/mol. The Bertz CT molecular complexity index is 445.